The highest BCUT2D eigenvalue weighted by Crippen LogP contribution is 2.23. The molecule has 6 nitrogen and oxygen atoms in total. The lowest BCUT2D eigenvalue weighted by Crippen LogP contribution is -2.24. The van der Waals surface area contributed by atoms with Crippen molar-refractivity contribution in [2.75, 3.05) is 6.61 Å². The molecule has 170 valence electrons. The summed E-state index contributed by atoms with van der Waals surface area (Å²) >= 11 is 1.60. The van der Waals surface area contributed by atoms with Crippen LogP contribution < -0.4 is 10.1 Å². The van der Waals surface area contributed by atoms with Crippen LogP contribution in [0.4, 0.5) is 13.2 Å². The van der Waals surface area contributed by atoms with Crippen LogP contribution in [0.2, 0.25) is 0 Å². The average Bonchev–Trinajstić information content (AvgIpc) is 3.23. The Morgan fingerprint density at radius 2 is 1.91 bits per heavy atom. The zero-order valence-corrected chi connectivity index (χ0v) is 18.1. The highest BCUT2D eigenvalue weighted by atomic mass is 32.2. The van der Waals surface area contributed by atoms with E-state index >= 15 is 0 Å². The Morgan fingerprint density at radius 3 is 2.67 bits per heavy atom. The molecular weight excluding hydrogens is 453 g/mol. The fourth-order valence-corrected chi connectivity index (χ4v) is 3.82. The van der Waals surface area contributed by atoms with E-state index in [0.29, 0.717) is 16.9 Å². The van der Waals surface area contributed by atoms with Gasteiger partial charge in [-0.2, -0.15) is 13.2 Å². The number of pyridine rings is 2. The summed E-state index contributed by atoms with van der Waals surface area (Å²) < 4.78 is 43.9. The first kappa shape index (κ1) is 22.7. The minimum atomic E-state index is -4.47. The van der Waals surface area contributed by atoms with Gasteiger partial charge < -0.3 is 14.5 Å². The number of nitrogens with one attached hydrogen (secondary N) is 1. The molecule has 0 aliphatic carbocycles. The van der Waals surface area contributed by atoms with Crippen LogP contribution in [0, 0.1) is 0 Å². The summed E-state index contributed by atoms with van der Waals surface area (Å²) in [7, 11) is 0. The highest BCUT2D eigenvalue weighted by molar-refractivity contribution is 7.98. The monoisotopic (exact) mass is 472 g/mol. The minimum Gasteiger partial charge on any atom is -0.468 e. The molecule has 33 heavy (non-hydrogen) atoms. The number of hydrogen-bond donors (Lipinski definition) is 1. The molecule has 0 saturated carbocycles. The number of fused-ring (bicyclic) bond motifs is 1. The van der Waals surface area contributed by atoms with Gasteiger partial charge in [-0.1, -0.05) is 12.1 Å². The van der Waals surface area contributed by atoms with Crippen molar-refractivity contribution in [3.05, 3.63) is 90.0 Å². The predicted molar refractivity (Wildman–Crippen MR) is 118 cm³/mol. The van der Waals surface area contributed by atoms with Gasteiger partial charge in [0.25, 0.3) is 5.91 Å². The van der Waals surface area contributed by atoms with Gasteiger partial charge >= 0.3 is 6.18 Å². The Hall–Kier alpha value is -3.53. The highest BCUT2D eigenvalue weighted by Gasteiger charge is 2.29. The number of hydrogen-bond acceptors (Lipinski definition) is 5. The third kappa shape index (κ3) is 6.26. The van der Waals surface area contributed by atoms with E-state index in [2.05, 4.69) is 15.3 Å². The van der Waals surface area contributed by atoms with Gasteiger partial charge in [-0.25, -0.2) is 9.97 Å². The summed E-state index contributed by atoms with van der Waals surface area (Å²) in [4.78, 5) is 21.8. The molecule has 1 N–H and O–H groups in total. The lowest BCUT2D eigenvalue weighted by atomic mass is 10.2. The Balaban J connectivity index is 1.31. The van der Waals surface area contributed by atoms with Crippen LogP contribution in [0.3, 0.4) is 0 Å². The summed E-state index contributed by atoms with van der Waals surface area (Å²) in [6.07, 6.45) is 0.790. The Bertz CT molecular complexity index is 1210. The zero-order chi connectivity index (χ0) is 23.3. The van der Waals surface area contributed by atoms with Gasteiger partial charge in [-0.05, 0) is 42.5 Å². The van der Waals surface area contributed by atoms with Crippen LogP contribution in [-0.2, 0) is 12.3 Å². The number of carbonyl (C=O) groups is 1. The van der Waals surface area contributed by atoms with Gasteiger partial charge in [-0.15, -0.1) is 11.8 Å². The molecule has 0 bridgehead atoms. The quantitative estimate of drug-likeness (QED) is 0.370. The van der Waals surface area contributed by atoms with Gasteiger partial charge in [0.2, 0.25) is 5.88 Å². The molecule has 1 amide bonds. The topological polar surface area (TPSA) is 68.5 Å². The first-order chi connectivity index (χ1) is 15.9. The van der Waals surface area contributed by atoms with E-state index in [9.17, 15) is 18.0 Å². The van der Waals surface area contributed by atoms with Crippen molar-refractivity contribution in [2.24, 2.45) is 0 Å². The van der Waals surface area contributed by atoms with Crippen molar-refractivity contribution in [1.82, 2.24) is 19.7 Å². The van der Waals surface area contributed by atoms with E-state index in [1.165, 1.54) is 6.20 Å². The van der Waals surface area contributed by atoms with E-state index in [-0.39, 0.29) is 18.3 Å². The van der Waals surface area contributed by atoms with Crippen LogP contribution in [0.15, 0.2) is 78.1 Å². The van der Waals surface area contributed by atoms with E-state index in [1.807, 2.05) is 47.1 Å². The van der Waals surface area contributed by atoms with E-state index < -0.39 is 12.8 Å². The van der Waals surface area contributed by atoms with Crippen molar-refractivity contribution in [3.63, 3.8) is 0 Å². The van der Waals surface area contributed by atoms with Crippen molar-refractivity contribution in [2.45, 2.75) is 23.4 Å². The largest absolute Gasteiger partial charge is 0.468 e. The SMILES string of the molecule is O=C(NCc1cccnc1OCC(F)(F)F)c1ccc(SCc2cn3ccccc3n2)cc1. The number of rotatable bonds is 8. The number of aromatic nitrogens is 3. The number of thioether (sulfide) groups is 1. The van der Waals surface area contributed by atoms with Crippen LogP contribution in [-0.4, -0.2) is 33.1 Å². The zero-order valence-electron chi connectivity index (χ0n) is 17.2. The lowest BCUT2D eigenvalue weighted by molar-refractivity contribution is -0.154. The maximum absolute atomic E-state index is 12.5. The molecule has 10 heteroatoms. The molecule has 0 radical (unpaired) electrons. The van der Waals surface area contributed by atoms with Crippen molar-refractivity contribution >= 4 is 23.3 Å². The third-order valence-corrected chi connectivity index (χ3v) is 5.62. The van der Waals surface area contributed by atoms with Crippen LogP contribution >= 0.6 is 11.8 Å². The summed E-state index contributed by atoms with van der Waals surface area (Å²) in [5.74, 6) is 0.181. The van der Waals surface area contributed by atoms with Crippen LogP contribution in [0.1, 0.15) is 21.6 Å². The summed E-state index contributed by atoms with van der Waals surface area (Å²) in [6, 6.07) is 16.0. The number of benzene rings is 1. The molecule has 0 atom stereocenters. The van der Waals surface area contributed by atoms with Gasteiger partial charge in [0.1, 0.15) is 5.65 Å². The molecule has 4 rings (SSSR count). The molecule has 0 spiro atoms. The number of alkyl halides is 3. The summed E-state index contributed by atoms with van der Waals surface area (Å²) in [6.45, 7) is -1.46. The van der Waals surface area contributed by atoms with Crippen molar-refractivity contribution < 1.29 is 22.7 Å². The van der Waals surface area contributed by atoms with Crippen molar-refractivity contribution in [1.29, 1.82) is 0 Å². The summed E-state index contributed by atoms with van der Waals surface area (Å²) in [5.41, 5.74) is 2.64. The molecule has 0 aliphatic heterocycles. The molecule has 0 fully saturated rings. The number of ether oxygens (including phenoxy) is 1. The van der Waals surface area contributed by atoms with E-state index in [4.69, 9.17) is 4.74 Å². The molecule has 1 aromatic carbocycles. The minimum absolute atomic E-state index is 0.00967. The Labute approximate surface area is 191 Å². The molecule has 4 aromatic rings. The number of halogens is 3. The molecule has 3 heterocycles. The number of carbonyl (C=O) groups excluding carboxylic acids is 1. The molecule has 0 unspecified atom stereocenters. The molecular formula is C23H19F3N4O2S. The van der Waals surface area contributed by atoms with Crippen LogP contribution in [0.25, 0.3) is 5.65 Å². The lowest BCUT2D eigenvalue weighted by Gasteiger charge is -2.12. The van der Waals surface area contributed by atoms with E-state index in [0.717, 1.165) is 16.2 Å². The first-order valence-corrected chi connectivity index (χ1v) is 10.9. The predicted octanol–water partition coefficient (Wildman–Crippen LogP) is 4.89. The number of imidazole rings is 1. The second-order valence-corrected chi connectivity index (χ2v) is 8.11. The van der Waals surface area contributed by atoms with Gasteiger partial charge in [-0.3, -0.25) is 4.79 Å². The molecule has 3 aromatic heterocycles. The normalized spacial score (nSPS) is 11.5. The fourth-order valence-electron chi connectivity index (χ4n) is 3.03. The Kier molecular flexibility index (Phi) is 6.83. The van der Waals surface area contributed by atoms with E-state index in [1.54, 1.807) is 36.0 Å². The maximum Gasteiger partial charge on any atom is 0.422 e. The average molecular weight is 472 g/mol. The van der Waals surface area contributed by atoms with Gasteiger partial charge in [0.05, 0.1) is 5.69 Å². The maximum atomic E-state index is 12.5. The second kappa shape index (κ2) is 9.95. The Morgan fingerprint density at radius 1 is 1.09 bits per heavy atom. The van der Waals surface area contributed by atoms with Crippen LogP contribution in [0.5, 0.6) is 5.88 Å². The van der Waals surface area contributed by atoms with Gasteiger partial charge in [0, 0.05) is 46.9 Å². The van der Waals surface area contributed by atoms with Crippen molar-refractivity contribution in [3.8, 4) is 5.88 Å². The number of amides is 1. The summed E-state index contributed by atoms with van der Waals surface area (Å²) in [5, 5.41) is 2.69. The standard InChI is InChI=1S/C23H19F3N4O2S/c24-23(25,26)15-32-22-17(4-3-10-27-22)12-28-21(31)16-6-8-19(9-7-16)33-14-18-13-30-11-2-1-5-20(30)29-18/h1-11,13H,12,14-15H2,(H,28,31). The first-order valence-electron chi connectivity index (χ1n) is 9.94. The third-order valence-electron chi connectivity index (χ3n) is 4.58. The molecule has 0 saturated heterocycles. The molecule has 0 aliphatic rings. The second-order valence-electron chi connectivity index (χ2n) is 7.07. The fraction of sp³-hybridized carbons (Fsp3) is 0.174. The smallest absolute Gasteiger partial charge is 0.422 e. The van der Waals surface area contributed by atoms with Gasteiger partial charge in [0.15, 0.2) is 6.61 Å². The number of nitrogens with zero attached hydrogens (tertiary/aromatic N) is 3.